The van der Waals surface area contributed by atoms with Crippen molar-refractivity contribution in [2.45, 2.75) is 25.3 Å². The summed E-state index contributed by atoms with van der Waals surface area (Å²) in [5.74, 6) is 0. The molecule has 0 radical (unpaired) electrons. The summed E-state index contributed by atoms with van der Waals surface area (Å²) in [6.07, 6.45) is 3.66. The Labute approximate surface area is 102 Å². The first-order chi connectivity index (χ1) is 7.77. The molecule has 2 N–H and O–H groups in total. The van der Waals surface area contributed by atoms with Gasteiger partial charge in [0.25, 0.3) is 0 Å². The van der Waals surface area contributed by atoms with Gasteiger partial charge in [-0.15, -0.1) is 0 Å². The van der Waals surface area contributed by atoms with E-state index in [1.54, 1.807) is 0 Å². The maximum absolute atomic E-state index is 6.16. The van der Waals surface area contributed by atoms with Gasteiger partial charge in [0, 0.05) is 11.1 Å². The predicted octanol–water partition coefficient (Wildman–Crippen LogP) is 2.83. The number of rotatable bonds is 4. The highest BCUT2D eigenvalue weighted by Gasteiger charge is 2.14. The van der Waals surface area contributed by atoms with E-state index >= 15 is 0 Å². The Morgan fingerprint density at radius 2 is 1.94 bits per heavy atom. The summed E-state index contributed by atoms with van der Waals surface area (Å²) in [6, 6.07) is 7.94. The molecule has 88 valence electrons. The number of halogens is 1. The molecule has 0 spiro atoms. The van der Waals surface area contributed by atoms with Crippen molar-refractivity contribution in [3.63, 3.8) is 0 Å². The van der Waals surface area contributed by atoms with E-state index in [-0.39, 0.29) is 6.04 Å². The summed E-state index contributed by atoms with van der Waals surface area (Å²) in [4.78, 5) is 2.48. The van der Waals surface area contributed by atoms with Gasteiger partial charge in [-0.2, -0.15) is 0 Å². The van der Waals surface area contributed by atoms with Gasteiger partial charge in [0.15, 0.2) is 0 Å². The largest absolute Gasteiger partial charge is 0.324 e. The average molecular weight is 239 g/mol. The molecule has 0 aliphatic carbocycles. The Kier molecular flexibility index (Phi) is 4.22. The fourth-order valence-electron chi connectivity index (χ4n) is 2.26. The first kappa shape index (κ1) is 11.9. The second-order valence-corrected chi connectivity index (χ2v) is 4.87. The molecular weight excluding hydrogens is 220 g/mol. The molecule has 16 heavy (non-hydrogen) atoms. The first-order valence-corrected chi connectivity index (χ1v) is 6.37. The molecule has 3 heteroatoms. The van der Waals surface area contributed by atoms with Crippen LogP contribution in [0.3, 0.4) is 0 Å². The van der Waals surface area contributed by atoms with Crippen LogP contribution in [0.1, 0.15) is 30.9 Å². The van der Waals surface area contributed by atoms with E-state index < -0.39 is 0 Å². The third-order valence-corrected chi connectivity index (χ3v) is 3.60. The topological polar surface area (TPSA) is 29.3 Å². The highest BCUT2D eigenvalue weighted by Crippen LogP contribution is 2.23. The summed E-state index contributed by atoms with van der Waals surface area (Å²) in [7, 11) is 0. The highest BCUT2D eigenvalue weighted by atomic mass is 35.5. The van der Waals surface area contributed by atoms with Crippen molar-refractivity contribution >= 4 is 11.6 Å². The van der Waals surface area contributed by atoms with Crippen LogP contribution in [0, 0.1) is 0 Å². The molecule has 1 saturated heterocycles. The minimum Gasteiger partial charge on any atom is -0.324 e. The minimum absolute atomic E-state index is 0.0642. The van der Waals surface area contributed by atoms with E-state index in [0.717, 1.165) is 23.6 Å². The number of hydrogen-bond donors (Lipinski definition) is 1. The smallest absolute Gasteiger partial charge is 0.0453 e. The molecule has 1 aliphatic rings. The zero-order valence-corrected chi connectivity index (χ0v) is 10.3. The van der Waals surface area contributed by atoms with Crippen molar-refractivity contribution in [2.24, 2.45) is 5.73 Å². The predicted molar refractivity (Wildman–Crippen MR) is 68.7 cm³/mol. The number of benzene rings is 1. The minimum atomic E-state index is 0.0642. The fourth-order valence-corrected chi connectivity index (χ4v) is 2.54. The molecule has 1 aliphatic heterocycles. The van der Waals surface area contributed by atoms with Gasteiger partial charge in [-0.25, -0.2) is 0 Å². The molecule has 1 aromatic carbocycles. The number of likely N-dealkylation sites (tertiary alicyclic amines) is 1. The van der Waals surface area contributed by atoms with Crippen molar-refractivity contribution < 1.29 is 0 Å². The van der Waals surface area contributed by atoms with Crippen LogP contribution < -0.4 is 5.73 Å². The lowest BCUT2D eigenvalue weighted by Gasteiger charge is -2.19. The van der Waals surface area contributed by atoms with Crippen LogP contribution in [0.4, 0.5) is 0 Å². The van der Waals surface area contributed by atoms with Crippen LogP contribution >= 0.6 is 11.6 Å². The summed E-state index contributed by atoms with van der Waals surface area (Å²) in [5, 5.41) is 0.788. The van der Waals surface area contributed by atoms with Crippen LogP contribution in [0.2, 0.25) is 5.02 Å². The van der Waals surface area contributed by atoms with Crippen LogP contribution in [0.15, 0.2) is 24.3 Å². The third-order valence-electron chi connectivity index (χ3n) is 3.26. The summed E-state index contributed by atoms with van der Waals surface area (Å²) >= 11 is 6.12. The van der Waals surface area contributed by atoms with Crippen LogP contribution in [0.25, 0.3) is 0 Å². The Morgan fingerprint density at radius 3 is 2.62 bits per heavy atom. The van der Waals surface area contributed by atoms with Crippen molar-refractivity contribution in [1.29, 1.82) is 0 Å². The fraction of sp³-hybridized carbons (Fsp3) is 0.538. The molecule has 2 nitrogen and oxygen atoms in total. The Bertz CT molecular complexity index is 334. The highest BCUT2D eigenvalue weighted by molar-refractivity contribution is 6.31. The maximum Gasteiger partial charge on any atom is 0.0453 e. The third kappa shape index (κ3) is 2.97. The SMILES string of the molecule is NC(CCN1CCCC1)c1ccccc1Cl. The number of nitrogens with zero attached hydrogens (tertiary/aromatic N) is 1. The summed E-state index contributed by atoms with van der Waals surface area (Å²) in [6.45, 7) is 3.55. The molecule has 0 amide bonds. The Morgan fingerprint density at radius 1 is 1.25 bits per heavy atom. The molecular formula is C13H19ClN2. The maximum atomic E-state index is 6.16. The van der Waals surface area contributed by atoms with E-state index in [1.807, 2.05) is 24.3 Å². The average Bonchev–Trinajstić information content (AvgIpc) is 2.79. The zero-order chi connectivity index (χ0) is 11.4. The number of nitrogens with two attached hydrogens (primary N) is 1. The molecule has 0 saturated carbocycles. The second-order valence-electron chi connectivity index (χ2n) is 4.47. The lowest BCUT2D eigenvalue weighted by molar-refractivity contribution is 0.322. The van der Waals surface area contributed by atoms with Crippen molar-refractivity contribution in [3.8, 4) is 0 Å². The summed E-state index contributed by atoms with van der Waals surface area (Å²) in [5.41, 5.74) is 7.24. The molecule has 1 unspecified atom stereocenters. The molecule has 1 fully saturated rings. The lowest BCUT2D eigenvalue weighted by atomic mass is 10.0. The monoisotopic (exact) mass is 238 g/mol. The van der Waals surface area contributed by atoms with Gasteiger partial charge >= 0.3 is 0 Å². The van der Waals surface area contributed by atoms with Gasteiger partial charge < -0.3 is 10.6 Å². The normalized spacial score (nSPS) is 18.9. The zero-order valence-electron chi connectivity index (χ0n) is 9.53. The van der Waals surface area contributed by atoms with Gasteiger partial charge in [0.2, 0.25) is 0 Å². The van der Waals surface area contributed by atoms with Gasteiger partial charge in [0.1, 0.15) is 0 Å². The van der Waals surface area contributed by atoms with E-state index in [2.05, 4.69) is 4.90 Å². The van der Waals surface area contributed by atoms with Gasteiger partial charge in [-0.1, -0.05) is 29.8 Å². The van der Waals surface area contributed by atoms with Gasteiger partial charge in [-0.3, -0.25) is 0 Å². The van der Waals surface area contributed by atoms with E-state index in [0.29, 0.717) is 0 Å². The van der Waals surface area contributed by atoms with Crippen molar-refractivity contribution in [3.05, 3.63) is 34.9 Å². The van der Waals surface area contributed by atoms with Crippen LogP contribution in [0.5, 0.6) is 0 Å². The van der Waals surface area contributed by atoms with E-state index in [9.17, 15) is 0 Å². The van der Waals surface area contributed by atoms with Gasteiger partial charge in [0.05, 0.1) is 0 Å². The van der Waals surface area contributed by atoms with E-state index in [4.69, 9.17) is 17.3 Å². The Balaban J connectivity index is 1.87. The van der Waals surface area contributed by atoms with E-state index in [1.165, 1.54) is 25.9 Å². The van der Waals surface area contributed by atoms with Crippen molar-refractivity contribution in [2.75, 3.05) is 19.6 Å². The molecule has 0 aromatic heterocycles. The quantitative estimate of drug-likeness (QED) is 0.874. The van der Waals surface area contributed by atoms with Crippen LogP contribution in [-0.4, -0.2) is 24.5 Å². The molecule has 1 heterocycles. The van der Waals surface area contributed by atoms with Crippen molar-refractivity contribution in [1.82, 2.24) is 4.90 Å². The first-order valence-electron chi connectivity index (χ1n) is 6.00. The van der Waals surface area contributed by atoms with Gasteiger partial charge in [-0.05, 0) is 50.5 Å². The van der Waals surface area contributed by atoms with Crippen LogP contribution in [-0.2, 0) is 0 Å². The number of hydrogen-bond acceptors (Lipinski definition) is 2. The standard InChI is InChI=1S/C13H19ClN2/c14-12-6-2-1-5-11(12)13(15)7-10-16-8-3-4-9-16/h1-2,5-6,13H,3-4,7-10,15H2. The molecule has 2 rings (SSSR count). The molecule has 1 atom stereocenters. The second kappa shape index (κ2) is 5.67. The Hall–Kier alpha value is -0.570. The summed E-state index contributed by atoms with van der Waals surface area (Å²) < 4.78 is 0. The lowest BCUT2D eigenvalue weighted by Crippen LogP contribution is -2.24. The molecule has 1 aromatic rings. The molecule has 0 bridgehead atoms.